The zero-order valence-corrected chi connectivity index (χ0v) is 24.3. The van der Waals surface area contributed by atoms with E-state index in [1.807, 2.05) is 6.92 Å². The van der Waals surface area contributed by atoms with E-state index in [0.29, 0.717) is 40.0 Å². The van der Waals surface area contributed by atoms with Crippen LogP contribution in [-0.2, 0) is 24.3 Å². The van der Waals surface area contributed by atoms with Crippen LogP contribution in [0.2, 0.25) is 0 Å². The maximum absolute atomic E-state index is 14.5. The highest BCUT2D eigenvalue weighted by Gasteiger charge is 2.26. The SMILES string of the molecule is CCn1ncc2c1-c1cnc(NC(=O)OCc3ccc(B(O)O)cc3)c(c1)OC(C)c1cc(F)ccc1C(=N)/C(=N\NC)C2. The van der Waals surface area contributed by atoms with Crippen molar-refractivity contribution >= 4 is 35.9 Å². The van der Waals surface area contributed by atoms with Crippen LogP contribution < -0.4 is 20.9 Å². The third-order valence-corrected chi connectivity index (χ3v) is 7.13. The number of carbonyl (C=O) groups is 1. The summed E-state index contributed by atoms with van der Waals surface area (Å²) in [6, 6.07) is 12.1. The predicted octanol–water partition coefficient (Wildman–Crippen LogP) is 3.17. The van der Waals surface area contributed by atoms with E-state index in [2.05, 4.69) is 25.9 Å². The van der Waals surface area contributed by atoms with Gasteiger partial charge in [0.15, 0.2) is 11.6 Å². The fraction of sp³-hybridized carbons (Fsp3) is 0.233. The largest absolute Gasteiger partial charge is 0.488 e. The number of hydrogen-bond donors (Lipinski definition) is 5. The molecule has 0 radical (unpaired) electrons. The Labute approximate surface area is 253 Å². The molecule has 5 N–H and O–H groups in total. The second kappa shape index (κ2) is 13.1. The molecule has 1 aliphatic heterocycles. The average molecular weight is 599 g/mol. The number of aryl methyl sites for hydroxylation is 1. The molecule has 0 fully saturated rings. The number of carbonyl (C=O) groups excluding carboxylic acids is 1. The number of hydrazone groups is 1. The predicted molar refractivity (Wildman–Crippen MR) is 164 cm³/mol. The minimum atomic E-state index is -1.60. The van der Waals surface area contributed by atoms with Crippen molar-refractivity contribution in [2.45, 2.75) is 39.5 Å². The smallest absolute Gasteiger partial charge is 0.482 e. The van der Waals surface area contributed by atoms with Crippen molar-refractivity contribution < 1.29 is 28.7 Å². The molecule has 14 heteroatoms. The number of nitrogens with one attached hydrogen (secondary N) is 3. The van der Waals surface area contributed by atoms with Gasteiger partial charge in [-0.25, -0.2) is 14.2 Å². The molecule has 4 aromatic rings. The van der Waals surface area contributed by atoms with Gasteiger partial charge in [-0.2, -0.15) is 10.2 Å². The molecular weight excluding hydrogens is 568 g/mol. The van der Waals surface area contributed by atoms with Gasteiger partial charge in [-0.3, -0.25) is 15.4 Å². The molecule has 2 aromatic carbocycles. The van der Waals surface area contributed by atoms with Gasteiger partial charge in [-0.1, -0.05) is 24.3 Å². The first-order chi connectivity index (χ1) is 21.2. The molecule has 3 heterocycles. The fourth-order valence-corrected chi connectivity index (χ4v) is 4.96. The van der Waals surface area contributed by atoms with Crippen molar-refractivity contribution in [3.05, 3.63) is 89.0 Å². The van der Waals surface area contributed by atoms with Gasteiger partial charge in [0.2, 0.25) is 0 Å². The standard InChI is InChI=1S/C30H31BFN7O5/c1-4-39-28-19(15-36-39)11-25(38-34-3)27(33)23-10-9-22(32)13-24(23)17(2)44-26-12-20(28)14-35-29(26)37-30(40)43-16-18-5-7-21(8-6-18)31(41)42/h5-10,12-15,17,33-34,41-42H,4,11,16H2,1-3H3,(H,35,37,40)/b33-27?,38-25-. The Morgan fingerprint density at radius 2 is 2.00 bits per heavy atom. The van der Waals surface area contributed by atoms with Crippen LogP contribution in [0, 0.1) is 11.2 Å². The van der Waals surface area contributed by atoms with Gasteiger partial charge in [0.05, 0.1) is 23.3 Å². The van der Waals surface area contributed by atoms with Crippen LogP contribution >= 0.6 is 0 Å². The summed E-state index contributed by atoms with van der Waals surface area (Å²) in [5.74, 6) is -0.210. The van der Waals surface area contributed by atoms with E-state index < -0.39 is 25.1 Å². The Hall–Kier alpha value is -5.08. The first-order valence-corrected chi connectivity index (χ1v) is 13.9. The lowest BCUT2D eigenvalue weighted by molar-refractivity contribution is 0.154. The summed E-state index contributed by atoms with van der Waals surface area (Å²) in [4.78, 5) is 17.3. The van der Waals surface area contributed by atoms with Gasteiger partial charge in [-0.15, -0.1) is 0 Å². The number of anilines is 1. The van der Waals surface area contributed by atoms with Crippen LogP contribution in [0.15, 0.2) is 66.0 Å². The number of fused-ring (bicyclic) bond motifs is 5. The molecule has 0 saturated heterocycles. The summed E-state index contributed by atoms with van der Waals surface area (Å²) in [7, 11) is 0.0524. The van der Waals surface area contributed by atoms with Crippen molar-refractivity contribution in [1.29, 1.82) is 5.41 Å². The lowest BCUT2D eigenvalue weighted by atomic mass is 9.80. The molecule has 1 atom stereocenters. The van der Waals surface area contributed by atoms with Crippen LogP contribution in [0.5, 0.6) is 5.75 Å². The Balaban J connectivity index is 1.52. The highest BCUT2D eigenvalue weighted by Crippen LogP contribution is 2.35. The second-order valence-electron chi connectivity index (χ2n) is 10.0. The molecular formula is C30H31BFN7O5. The summed E-state index contributed by atoms with van der Waals surface area (Å²) in [5.41, 5.74) is 7.30. The highest BCUT2D eigenvalue weighted by atomic mass is 19.1. The molecule has 2 aromatic heterocycles. The molecule has 5 rings (SSSR count). The van der Waals surface area contributed by atoms with Crippen molar-refractivity contribution in [2.24, 2.45) is 5.10 Å². The molecule has 226 valence electrons. The van der Waals surface area contributed by atoms with Gasteiger partial charge in [-0.05, 0) is 49.1 Å². The minimum Gasteiger partial charge on any atom is -0.482 e. The topological polar surface area (TPSA) is 167 Å². The minimum absolute atomic E-state index is 0.0796. The number of nitrogens with zero attached hydrogens (tertiary/aromatic N) is 4. The van der Waals surface area contributed by atoms with E-state index in [1.165, 1.54) is 30.3 Å². The maximum atomic E-state index is 14.5. The molecule has 1 aliphatic rings. The summed E-state index contributed by atoms with van der Waals surface area (Å²) >= 11 is 0. The molecule has 0 saturated carbocycles. The van der Waals surface area contributed by atoms with Crippen LogP contribution in [0.25, 0.3) is 11.3 Å². The van der Waals surface area contributed by atoms with Crippen LogP contribution in [0.1, 0.15) is 42.2 Å². The van der Waals surface area contributed by atoms with Crippen LogP contribution in [0.4, 0.5) is 15.0 Å². The molecule has 1 unspecified atom stereocenters. The zero-order valence-electron chi connectivity index (χ0n) is 24.3. The van der Waals surface area contributed by atoms with Crippen molar-refractivity contribution in [1.82, 2.24) is 20.2 Å². The van der Waals surface area contributed by atoms with Crippen molar-refractivity contribution in [3.8, 4) is 17.0 Å². The van der Waals surface area contributed by atoms with Crippen LogP contribution in [-0.4, -0.2) is 56.5 Å². The molecule has 0 aliphatic carbocycles. The Morgan fingerprint density at radius 1 is 1.23 bits per heavy atom. The van der Waals surface area contributed by atoms with Gasteiger partial charge >= 0.3 is 13.2 Å². The number of aromatic nitrogens is 3. The lowest BCUT2D eigenvalue weighted by Gasteiger charge is -2.22. The Kier molecular flexibility index (Phi) is 9.02. The van der Waals surface area contributed by atoms with Crippen molar-refractivity contribution in [2.75, 3.05) is 12.4 Å². The summed E-state index contributed by atoms with van der Waals surface area (Å²) < 4.78 is 28.0. The van der Waals surface area contributed by atoms with Gasteiger partial charge in [0, 0.05) is 48.5 Å². The lowest BCUT2D eigenvalue weighted by Crippen LogP contribution is -2.29. The first kappa shape index (κ1) is 30.4. The van der Waals surface area contributed by atoms with E-state index in [4.69, 9.17) is 14.9 Å². The molecule has 1 amide bonds. The Morgan fingerprint density at radius 3 is 2.70 bits per heavy atom. The number of halogens is 1. The number of pyridine rings is 1. The summed E-state index contributed by atoms with van der Waals surface area (Å²) in [5, 5.41) is 39.1. The van der Waals surface area contributed by atoms with E-state index in [1.54, 1.807) is 49.2 Å². The number of rotatable bonds is 6. The van der Waals surface area contributed by atoms with Gasteiger partial charge in [0.1, 0.15) is 18.5 Å². The van der Waals surface area contributed by atoms with E-state index in [-0.39, 0.29) is 30.3 Å². The Bertz CT molecular complexity index is 1730. The molecule has 2 bridgehead atoms. The van der Waals surface area contributed by atoms with Gasteiger partial charge < -0.3 is 24.9 Å². The third kappa shape index (κ3) is 6.45. The maximum Gasteiger partial charge on any atom is 0.488 e. The fourth-order valence-electron chi connectivity index (χ4n) is 4.96. The highest BCUT2D eigenvalue weighted by molar-refractivity contribution is 6.58. The van der Waals surface area contributed by atoms with Gasteiger partial charge in [0.25, 0.3) is 0 Å². The number of benzene rings is 2. The summed E-state index contributed by atoms with van der Waals surface area (Å²) in [6.45, 7) is 4.15. The zero-order chi connectivity index (χ0) is 31.4. The number of hydrogen-bond acceptors (Lipinski definition) is 10. The first-order valence-electron chi connectivity index (χ1n) is 13.9. The number of amides is 1. The second-order valence-corrected chi connectivity index (χ2v) is 10.0. The van der Waals surface area contributed by atoms with E-state index in [0.717, 1.165) is 11.3 Å². The van der Waals surface area contributed by atoms with Crippen molar-refractivity contribution in [3.63, 3.8) is 0 Å². The third-order valence-electron chi connectivity index (χ3n) is 7.13. The molecule has 12 nitrogen and oxygen atoms in total. The molecule has 0 spiro atoms. The monoisotopic (exact) mass is 599 g/mol. The quantitative estimate of drug-likeness (QED) is 0.167. The van der Waals surface area contributed by atoms with E-state index in [9.17, 15) is 19.2 Å². The van der Waals surface area contributed by atoms with E-state index >= 15 is 0 Å². The average Bonchev–Trinajstić information content (AvgIpc) is 3.42. The number of ether oxygens (including phenoxy) is 2. The van der Waals surface area contributed by atoms with Crippen LogP contribution in [0.3, 0.4) is 0 Å². The normalized spacial score (nSPS) is 15.3. The summed E-state index contributed by atoms with van der Waals surface area (Å²) in [6.07, 6.45) is 2.01. The molecule has 44 heavy (non-hydrogen) atoms.